The molecule has 0 aromatic heterocycles. The van der Waals surface area contributed by atoms with Crippen molar-refractivity contribution in [1.82, 2.24) is 5.32 Å². The molecule has 1 heterocycles. The van der Waals surface area contributed by atoms with E-state index in [1.807, 2.05) is 0 Å². The minimum Gasteiger partial charge on any atom is -0.550 e. The highest BCUT2D eigenvalue weighted by molar-refractivity contribution is 5.79. The van der Waals surface area contributed by atoms with Crippen LogP contribution in [0.1, 0.15) is 19.3 Å². The molecule has 98 valence electrons. The van der Waals surface area contributed by atoms with Crippen molar-refractivity contribution in [3.05, 3.63) is 0 Å². The summed E-state index contributed by atoms with van der Waals surface area (Å²) < 4.78 is 5.25. The molecule has 1 rings (SSSR count). The van der Waals surface area contributed by atoms with E-state index in [0.29, 0.717) is 6.54 Å². The van der Waals surface area contributed by atoms with Crippen molar-refractivity contribution in [2.75, 3.05) is 39.4 Å². The molecule has 6 heteroatoms. The summed E-state index contributed by atoms with van der Waals surface area (Å²) in [4.78, 5) is 22.8. The van der Waals surface area contributed by atoms with Crippen molar-refractivity contribution < 1.29 is 24.3 Å². The second-order valence-electron chi connectivity index (χ2n) is 4.19. The lowest BCUT2D eigenvalue weighted by Gasteiger charge is -2.23. The fourth-order valence-corrected chi connectivity index (χ4v) is 1.78. The third kappa shape index (κ3) is 6.91. The number of amides is 1. The fraction of sp³-hybridized carbons (Fsp3) is 0.818. The lowest BCUT2D eigenvalue weighted by atomic mass is 10.3. The van der Waals surface area contributed by atoms with Gasteiger partial charge in [0.25, 0.3) is 0 Å². The average Bonchev–Trinajstić information content (AvgIpc) is 2.33. The molecular weight excluding hydrogens is 224 g/mol. The predicted octanol–water partition coefficient (Wildman–Crippen LogP) is -3.06. The Labute approximate surface area is 101 Å². The first-order valence-electron chi connectivity index (χ1n) is 6.06. The lowest BCUT2D eigenvalue weighted by molar-refractivity contribution is -0.908. The van der Waals surface area contributed by atoms with E-state index in [1.165, 1.54) is 4.90 Å². The minimum atomic E-state index is -1.18. The normalized spacial score (nSPS) is 16.7. The Kier molecular flexibility index (Phi) is 6.57. The Balaban J connectivity index is 1.95. The molecule has 1 aliphatic rings. The Morgan fingerprint density at radius 3 is 2.59 bits per heavy atom. The van der Waals surface area contributed by atoms with Crippen LogP contribution in [-0.2, 0) is 14.3 Å². The van der Waals surface area contributed by atoms with Crippen LogP contribution in [-0.4, -0.2) is 51.3 Å². The molecule has 0 aliphatic carbocycles. The molecule has 1 amide bonds. The number of carboxylic acid groups (broad SMARTS) is 1. The quantitative estimate of drug-likeness (QED) is 0.466. The smallest absolute Gasteiger partial charge is 0.220 e. The molecule has 0 bridgehead atoms. The second kappa shape index (κ2) is 8.03. The molecule has 0 aromatic carbocycles. The summed E-state index contributed by atoms with van der Waals surface area (Å²) in [6.07, 6.45) is 0.708. The summed E-state index contributed by atoms with van der Waals surface area (Å²) in [5.74, 6) is -1.40. The zero-order valence-corrected chi connectivity index (χ0v) is 10.00. The number of rotatable bonds is 7. The van der Waals surface area contributed by atoms with Gasteiger partial charge in [-0.25, -0.2) is 0 Å². The Morgan fingerprint density at radius 2 is 1.94 bits per heavy atom. The van der Waals surface area contributed by atoms with Crippen molar-refractivity contribution >= 4 is 11.9 Å². The summed E-state index contributed by atoms with van der Waals surface area (Å²) in [5, 5.41) is 12.8. The van der Waals surface area contributed by atoms with Crippen LogP contribution >= 0.6 is 0 Å². The van der Waals surface area contributed by atoms with E-state index in [2.05, 4.69) is 5.32 Å². The molecule has 1 aliphatic heterocycles. The summed E-state index contributed by atoms with van der Waals surface area (Å²) >= 11 is 0. The van der Waals surface area contributed by atoms with E-state index in [-0.39, 0.29) is 18.7 Å². The summed E-state index contributed by atoms with van der Waals surface area (Å²) in [5.41, 5.74) is 0. The maximum atomic E-state index is 11.2. The van der Waals surface area contributed by atoms with Crippen molar-refractivity contribution in [2.45, 2.75) is 19.3 Å². The highest BCUT2D eigenvalue weighted by Crippen LogP contribution is 1.86. The summed E-state index contributed by atoms with van der Waals surface area (Å²) in [6.45, 7) is 5.30. The van der Waals surface area contributed by atoms with Crippen molar-refractivity contribution in [3.63, 3.8) is 0 Å². The third-order valence-electron chi connectivity index (χ3n) is 2.79. The fourth-order valence-electron chi connectivity index (χ4n) is 1.78. The van der Waals surface area contributed by atoms with Gasteiger partial charge in [0.15, 0.2) is 0 Å². The number of carbonyl (C=O) groups excluding carboxylic acids is 2. The van der Waals surface area contributed by atoms with Gasteiger partial charge in [-0.2, -0.15) is 0 Å². The van der Waals surface area contributed by atoms with Crippen molar-refractivity contribution in [3.8, 4) is 0 Å². The maximum Gasteiger partial charge on any atom is 0.220 e. The van der Waals surface area contributed by atoms with E-state index in [4.69, 9.17) is 4.74 Å². The zero-order chi connectivity index (χ0) is 12.5. The Morgan fingerprint density at radius 1 is 1.24 bits per heavy atom. The van der Waals surface area contributed by atoms with E-state index >= 15 is 0 Å². The standard InChI is InChI=1S/C11H20N2O4/c14-10(2-3-11(15)16)12-4-1-5-13-6-8-17-9-7-13/h1-9H2,(H,12,14)(H,15,16). The molecule has 6 nitrogen and oxygen atoms in total. The minimum absolute atomic E-state index is 0.00669. The molecule has 0 aromatic rings. The van der Waals surface area contributed by atoms with Crippen LogP contribution in [0.25, 0.3) is 0 Å². The van der Waals surface area contributed by atoms with Crippen LogP contribution < -0.4 is 15.3 Å². The monoisotopic (exact) mass is 244 g/mol. The highest BCUT2D eigenvalue weighted by Gasteiger charge is 2.12. The SMILES string of the molecule is O=C([O-])CCC(=O)NCCC[NH+]1CCOCC1. The number of carboxylic acids is 1. The zero-order valence-electron chi connectivity index (χ0n) is 10.00. The van der Waals surface area contributed by atoms with Gasteiger partial charge >= 0.3 is 0 Å². The van der Waals surface area contributed by atoms with Gasteiger partial charge in [0, 0.05) is 25.4 Å². The molecule has 0 saturated carbocycles. The van der Waals surface area contributed by atoms with Crippen LogP contribution in [0.4, 0.5) is 0 Å². The molecule has 1 saturated heterocycles. The number of carbonyl (C=O) groups is 2. The van der Waals surface area contributed by atoms with Crippen molar-refractivity contribution in [1.29, 1.82) is 0 Å². The Hall–Kier alpha value is -1.14. The summed E-state index contributed by atoms with van der Waals surface area (Å²) in [6, 6.07) is 0. The number of aliphatic carboxylic acids is 1. The van der Waals surface area contributed by atoms with E-state index < -0.39 is 5.97 Å². The first-order chi connectivity index (χ1) is 8.18. The second-order valence-corrected chi connectivity index (χ2v) is 4.19. The first-order valence-corrected chi connectivity index (χ1v) is 6.06. The van der Waals surface area contributed by atoms with Gasteiger partial charge in [-0.3, -0.25) is 4.79 Å². The lowest BCUT2D eigenvalue weighted by Crippen LogP contribution is -3.14. The van der Waals surface area contributed by atoms with Crippen LogP contribution in [0, 0.1) is 0 Å². The van der Waals surface area contributed by atoms with Gasteiger partial charge in [0.05, 0.1) is 19.8 Å². The molecule has 2 N–H and O–H groups in total. The Bertz CT molecular complexity index is 252. The topological polar surface area (TPSA) is 82.9 Å². The number of hydrogen-bond acceptors (Lipinski definition) is 4. The average molecular weight is 244 g/mol. The van der Waals surface area contributed by atoms with Gasteiger partial charge in [0.2, 0.25) is 5.91 Å². The number of quaternary nitrogens is 1. The van der Waals surface area contributed by atoms with Crippen molar-refractivity contribution in [2.24, 2.45) is 0 Å². The molecule has 0 atom stereocenters. The maximum absolute atomic E-state index is 11.2. The van der Waals surface area contributed by atoms with Crippen LogP contribution in [0.5, 0.6) is 0 Å². The number of ether oxygens (including phenoxy) is 1. The molecule has 0 spiro atoms. The van der Waals surface area contributed by atoms with E-state index in [0.717, 1.165) is 39.3 Å². The molecular formula is C11H20N2O4. The predicted molar refractivity (Wildman–Crippen MR) is 58.3 cm³/mol. The van der Waals surface area contributed by atoms with Crippen LogP contribution in [0.2, 0.25) is 0 Å². The summed E-state index contributed by atoms with van der Waals surface area (Å²) in [7, 11) is 0. The van der Waals surface area contributed by atoms with Crippen LogP contribution in [0.3, 0.4) is 0 Å². The van der Waals surface area contributed by atoms with Gasteiger partial charge in [-0.15, -0.1) is 0 Å². The van der Waals surface area contributed by atoms with Gasteiger partial charge < -0.3 is 24.9 Å². The largest absolute Gasteiger partial charge is 0.550 e. The van der Waals surface area contributed by atoms with Gasteiger partial charge in [-0.1, -0.05) is 0 Å². The van der Waals surface area contributed by atoms with E-state index in [9.17, 15) is 14.7 Å². The van der Waals surface area contributed by atoms with Crippen LogP contribution in [0.15, 0.2) is 0 Å². The van der Waals surface area contributed by atoms with E-state index in [1.54, 1.807) is 0 Å². The number of morpholine rings is 1. The third-order valence-corrected chi connectivity index (χ3v) is 2.79. The molecule has 0 radical (unpaired) electrons. The molecule has 0 unspecified atom stereocenters. The molecule has 1 fully saturated rings. The number of hydrogen-bond donors (Lipinski definition) is 2. The highest BCUT2D eigenvalue weighted by atomic mass is 16.5. The number of nitrogens with one attached hydrogen (secondary N) is 2. The first kappa shape index (κ1) is 13.9. The van der Waals surface area contributed by atoms with Gasteiger partial charge in [0.1, 0.15) is 13.1 Å². The van der Waals surface area contributed by atoms with Gasteiger partial charge in [-0.05, 0) is 6.42 Å². The molecule has 17 heavy (non-hydrogen) atoms.